The molecular formula is C18H17ClN4O3S2. The van der Waals surface area contributed by atoms with E-state index in [1.807, 2.05) is 25.1 Å². The lowest BCUT2D eigenvalue weighted by Gasteiger charge is -2.00. The highest BCUT2D eigenvalue weighted by molar-refractivity contribution is 8.01. The summed E-state index contributed by atoms with van der Waals surface area (Å²) in [5.41, 5.74) is 6.66. The molecule has 28 heavy (non-hydrogen) atoms. The molecular weight excluding hydrogens is 420 g/mol. The highest BCUT2D eigenvalue weighted by Gasteiger charge is 2.14. The smallest absolute Gasteiger partial charge is 0.227 e. The molecule has 0 aliphatic heterocycles. The van der Waals surface area contributed by atoms with Crippen molar-refractivity contribution >= 4 is 51.6 Å². The number of anilines is 1. The number of nitrogens with two attached hydrogens (primary N) is 1. The second kappa shape index (κ2) is 9.22. The Hall–Kier alpha value is -2.36. The minimum atomic E-state index is -0.398. The van der Waals surface area contributed by atoms with Gasteiger partial charge in [0.15, 0.2) is 16.8 Å². The number of carbonyl (C=O) groups is 2. The summed E-state index contributed by atoms with van der Waals surface area (Å²) < 4.78 is 6.55. The second-order valence-electron chi connectivity index (χ2n) is 5.79. The van der Waals surface area contributed by atoms with Gasteiger partial charge < -0.3 is 15.5 Å². The molecule has 10 heteroatoms. The molecule has 0 unspecified atom stereocenters. The van der Waals surface area contributed by atoms with Crippen molar-refractivity contribution in [2.24, 2.45) is 5.73 Å². The van der Waals surface area contributed by atoms with Crippen LogP contribution in [0.2, 0.25) is 5.02 Å². The lowest BCUT2D eigenvalue weighted by molar-refractivity contribution is -0.116. The van der Waals surface area contributed by atoms with Crippen LogP contribution in [0.15, 0.2) is 39.1 Å². The van der Waals surface area contributed by atoms with E-state index < -0.39 is 5.91 Å². The fourth-order valence-electron chi connectivity index (χ4n) is 2.32. The Kier molecular flexibility index (Phi) is 6.71. The number of halogens is 1. The predicted octanol–water partition coefficient (Wildman–Crippen LogP) is 3.91. The van der Waals surface area contributed by atoms with Crippen LogP contribution in [0.25, 0.3) is 11.3 Å². The SMILES string of the molecule is Cc1nc(NC(=O)CCc2ncc(-c3ccccc3Cl)o2)sc1SCC(N)=O. The summed E-state index contributed by atoms with van der Waals surface area (Å²) in [6.07, 6.45) is 2.15. The van der Waals surface area contributed by atoms with Gasteiger partial charge in [0.05, 0.1) is 26.9 Å². The number of rotatable bonds is 8. The number of nitrogens with zero attached hydrogens (tertiary/aromatic N) is 2. The van der Waals surface area contributed by atoms with Gasteiger partial charge in [-0.25, -0.2) is 9.97 Å². The van der Waals surface area contributed by atoms with Crippen LogP contribution in [0.5, 0.6) is 0 Å². The van der Waals surface area contributed by atoms with Crippen molar-refractivity contribution in [2.75, 3.05) is 11.1 Å². The van der Waals surface area contributed by atoms with Gasteiger partial charge in [-0.05, 0) is 19.1 Å². The average Bonchev–Trinajstić information content (AvgIpc) is 3.25. The Morgan fingerprint density at radius 1 is 1.36 bits per heavy atom. The van der Waals surface area contributed by atoms with Crippen LogP contribution < -0.4 is 11.1 Å². The molecule has 0 saturated carbocycles. The monoisotopic (exact) mass is 436 g/mol. The Morgan fingerprint density at radius 2 is 2.14 bits per heavy atom. The molecule has 0 fully saturated rings. The van der Waals surface area contributed by atoms with Crippen LogP contribution >= 0.6 is 34.7 Å². The maximum atomic E-state index is 12.2. The molecule has 2 aromatic heterocycles. The highest BCUT2D eigenvalue weighted by Crippen LogP contribution is 2.32. The number of benzene rings is 1. The minimum absolute atomic E-state index is 0.175. The molecule has 1 aromatic carbocycles. The summed E-state index contributed by atoms with van der Waals surface area (Å²) >= 11 is 8.78. The third-order valence-corrected chi connectivity index (χ3v) is 6.39. The van der Waals surface area contributed by atoms with E-state index in [0.717, 1.165) is 15.5 Å². The molecule has 0 atom stereocenters. The van der Waals surface area contributed by atoms with E-state index in [1.165, 1.54) is 23.1 Å². The lowest BCUT2D eigenvalue weighted by atomic mass is 10.2. The maximum absolute atomic E-state index is 12.2. The number of primary amides is 1. The van der Waals surface area contributed by atoms with Gasteiger partial charge in [0.25, 0.3) is 0 Å². The number of hydrogen-bond acceptors (Lipinski definition) is 7. The first-order valence-corrected chi connectivity index (χ1v) is 10.5. The number of amides is 2. The summed E-state index contributed by atoms with van der Waals surface area (Å²) in [5.74, 6) is 0.600. The molecule has 0 bridgehead atoms. The van der Waals surface area contributed by atoms with Gasteiger partial charge >= 0.3 is 0 Å². The standard InChI is InChI=1S/C18H17ClN4O3S2/c1-10-17(27-9-14(20)24)28-18(22-10)23-15(25)6-7-16-21-8-13(26-16)11-4-2-3-5-12(11)19/h2-5,8H,6-7,9H2,1H3,(H2,20,24)(H,22,23,25). The lowest BCUT2D eigenvalue weighted by Crippen LogP contribution is -2.12. The number of carbonyl (C=O) groups excluding carboxylic acids is 2. The number of aryl methyl sites for hydroxylation is 2. The molecule has 7 nitrogen and oxygen atoms in total. The zero-order valence-electron chi connectivity index (χ0n) is 14.9. The third kappa shape index (κ3) is 5.34. The first-order chi connectivity index (χ1) is 13.4. The summed E-state index contributed by atoms with van der Waals surface area (Å²) in [4.78, 5) is 31.6. The van der Waals surface area contributed by atoms with E-state index in [1.54, 1.807) is 12.3 Å². The zero-order chi connectivity index (χ0) is 20.1. The summed E-state index contributed by atoms with van der Waals surface area (Å²) in [7, 11) is 0. The Balaban J connectivity index is 1.54. The van der Waals surface area contributed by atoms with Gasteiger partial charge in [0.1, 0.15) is 0 Å². The molecule has 0 saturated heterocycles. The van der Waals surface area contributed by atoms with Crippen LogP contribution in [0.3, 0.4) is 0 Å². The zero-order valence-corrected chi connectivity index (χ0v) is 17.3. The largest absolute Gasteiger partial charge is 0.441 e. The van der Waals surface area contributed by atoms with E-state index >= 15 is 0 Å². The van der Waals surface area contributed by atoms with E-state index in [-0.39, 0.29) is 18.1 Å². The van der Waals surface area contributed by atoms with Crippen molar-refractivity contribution in [3.8, 4) is 11.3 Å². The Morgan fingerprint density at radius 3 is 2.89 bits per heavy atom. The molecule has 146 valence electrons. The molecule has 3 N–H and O–H groups in total. The molecule has 3 aromatic rings. The van der Waals surface area contributed by atoms with E-state index in [4.69, 9.17) is 21.8 Å². The molecule has 2 amide bonds. The van der Waals surface area contributed by atoms with E-state index in [9.17, 15) is 9.59 Å². The van der Waals surface area contributed by atoms with Crippen LogP contribution in [-0.4, -0.2) is 27.5 Å². The van der Waals surface area contributed by atoms with Gasteiger partial charge in [-0.2, -0.15) is 0 Å². The molecule has 0 aliphatic carbocycles. The van der Waals surface area contributed by atoms with Gasteiger partial charge in [-0.15, -0.1) is 11.8 Å². The van der Waals surface area contributed by atoms with Crippen LogP contribution in [0.1, 0.15) is 18.0 Å². The number of aromatic nitrogens is 2. The van der Waals surface area contributed by atoms with Crippen LogP contribution in [0.4, 0.5) is 5.13 Å². The van der Waals surface area contributed by atoms with Gasteiger partial charge in [-0.1, -0.05) is 35.1 Å². The van der Waals surface area contributed by atoms with Crippen molar-refractivity contribution in [3.63, 3.8) is 0 Å². The third-order valence-electron chi connectivity index (χ3n) is 3.60. The molecule has 0 aliphatic rings. The Bertz CT molecular complexity index is 1000. The topological polar surface area (TPSA) is 111 Å². The molecule has 3 rings (SSSR count). The van der Waals surface area contributed by atoms with Crippen LogP contribution in [0, 0.1) is 6.92 Å². The minimum Gasteiger partial charge on any atom is -0.441 e. The Labute approximate surface area is 174 Å². The van der Waals surface area contributed by atoms with Crippen molar-refractivity contribution in [1.29, 1.82) is 0 Å². The molecule has 0 radical (unpaired) electrons. The fraction of sp³-hybridized carbons (Fsp3) is 0.222. The number of thiazole rings is 1. The highest BCUT2D eigenvalue weighted by atomic mass is 35.5. The maximum Gasteiger partial charge on any atom is 0.227 e. The first-order valence-electron chi connectivity index (χ1n) is 8.30. The van der Waals surface area contributed by atoms with Crippen molar-refractivity contribution in [2.45, 2.75) is 24.0 Å². The second-order valence-corrected chi connectivity index (χ2v) is 8.44. The summed E-state index contributed by atoms with van der Waals surface area (Å²) in [5, 5.41) is 3.82. The number of oxazole rings is 1. The van der Waals surface area contributed by atoms with Crippen molar-refractivity contribution in [3.05, 3.63) is 47.1 Å². The van der Waals surface area contributed by atoms with Crippen molar-refractivity contribution < 1.29 is 14.0 Å². The van der Waals surface area contributed by atoms with Gasteiger partial charge in [0.2, 0.25) is 11.8 Å². The normalized spacial score (nSPS) is 10.8. The number of nitrogens with one attached hydrogen (secondary N) is 1. The predicted molar refractivity (Wildman–Crippen MR) is 111 cm³/mol. The average molecular weight is 437 g/mol. The summed E-state index contributed by atoms with van der Waals surface area (Å²) in [6, 6.07) is 7.32. The van der Waals surface area contributed by atoms with E-state index in [0.29, 0.717) is 28.2 Å². The van der Waals surface area contributed by atoms with Gasteiger partial charge in [-0.3, -0.25) is 9.59 Å². The quantitative estimate of drug-likeness (QED) is 0.518. The van der Waals surface area contributed by atoms with E-state index in [2.05, 4.69) is 15.3 Å². The number of hydrogen-bond donors (Lipinski definition) is 2. The van der Waals surface area contributed by atoms with Crippen LogP contribution in [-0.2, 0) is 16.0 Å². The fourth-order valence-corrected chi connectivity index (χ4v) is 4.44. The van der Waals surface area contributed by atoms with Gasteiger partial charge in [0, 0.05) is 18.4 Å². The first kappa shape index (κ1) is 20.4. The molecule has 2 heterocycles. The summed E-state index contributed by atoms with van der Waals surface area (Å²) in [6.45, 7) is 1.82. The van der Waals surface area contributed by atoms with Crippen molar-refractivity contribution in [1.82, 2.24) is 9.97 Å². The number of thioether (sulfide) groups is 1. The molecule has 0 spiro atoms.